The smallest absolute Gasteiger partial charge is 0.303 e. The number of aliphatic carboxylic acids is 1. The fraction of sp³-hybridized carbons (Fsp3) is 0.385. The molecule has 18 heavy (non-hydrogen) atoms. The number of rotatable bonds is 7. The maximum Gasteiger partial charge on any atom is 0.303 e. The van der Waals surface area contributed by atoms with Gasteiger partial charge in [-0.2, -0.15) is 0 Å². The van der Waals surface area contributed by atoms with E-state index < -0.39 is 16.8 Å². The van der Waals surface area contributed by atoms with E-state index in [1.54, 1.807) is 12.1 Å². The van der Waals surface area contributed by atoms with E-state index in [-0.39, 0.29) is 24.4 Å². The predicted octanol–water partition coefficient (Wildman–Crippen LogP) is 1.93. The summed E-state index contributed by atoms with van der Waals surface area (Å²) in [5.41, 5.74) is 1.07. The van der Waals surface area contributed by atoms with Gasteiger partial charge in [-0.15, -0.1) is 0 Å². The lowest BCUT2D eigenvalue weighted by atomic mass is 10.2. The summed E-state index contributed by atoms with van der Waals surface area (Å²) in [4.78, 5) is 22.4. The lowest BCUT2D eigenvalue weighted by molar-refractivity contribution is -0.137. The van der Waals surface area contributed by atoms with Gasteiger partial charge in [0.25, 0.3) is 0 Å². The molecule has 0 fully saturated rings. The molecule has 1 rings (SSSR count). The van der Waals surface area contributed by atoms with Crippen LogP contribution in [-0.4, -0.2) is 26.8 Å². The Balaban J connectivity index is 2.42. The Kier molecular flexibility index (Phi) is 5.71. The Morgan fingerprint density at radius 3 is 2.33 bits per heavy atom. The van der Waals surface area contributed by atoms with Gasteiger partial charge in [0.15, 0.2) is 0 Å². The monoisotopic (exact) mass is 268 g/mol. The molecule has 0 amide bonds. The molecule has 0 aliphatic carbocycles. The van der Waals surface area contributed by atoms with Crippen LogP contribution in [0.5, 0.6) is 0 Å². The van der Waals surface area contributed by atoms with Crippen molar-refractivity contribution in [1.82, 2.24) is 0 Å². The summed E-state index contributed by atoms with van der Waals surface area (Å²) < 4.78 is 11.8. The van der Waals surface area contributed by atoms with E-state index in [1.807, 2.05) is 19.1 Å². The minimum Gasteiger partial charge on any atom is -0.481 e. The number of carbonyl (C=O) groups excluding carboxylic acids is 1. The standard InChI is InChI=1S/C13H16O4S/c1-10-5-7-12(8-6-10)18(17)9-11(14)3-2-4-13(15)16/h5-8H,2-4,9H2,1H3,(H,15,16)/t18-/m1/s1. The Morgan fingerprint density at radius 1 is 1.17 bits per heavy atom. The van der Waals surface area contributed by atoms with Crippen LogP contribution in [0, 0.1) is 6.92 Å². The van der Waals surface area contributed by atoms with Gasteiger partial charge in [0.1, 0.15) is 5.78 Å². The van der Waals surface area contributed by atoms with Gasteiger partial charge < -0.3 is 5.11 Å². The summed E-state index contributed by atoms with van der Waals surface area (Å²) in [7, 11) is -1.33. The zero-order valence-electron chi connectivity index (χ0n) is 10.2. The van der Waals surface area contributed by atoms with E-state index in [4.69, 9.17) is 5.11 Å². The van der Waals surface area contributed by atoms with Crippen molar-refractivity contribution < 1.29 is 18.9 Å². The number of hydrogen-bond acceptors (Lipinski definition) is 3. The Hall–Kier alpha value is -1.49. The molecule has 0 heterocycles. The molecule has 0 aliphatic rings. The number of carboxylic acids is 1. The first-order valence-corrected chi connectivity index (χ1v) is 6.99. The number of ketones is 1. The number of aryl methyl sites for hydroxylation is 1. The average molecular weight is 268 g/mol. The van der Waals surface area contributed by atoms with Crippen LogP contribution in [0.4, 0.5) is 0 Å². The normalized spacial score (nSPS) is 12.1. The summed E-state index contributed by atoms with van der Waals surface area (Å²) in [6, 6.07) is 7.19. The third-order valence-electron chi connectivity index (χ3n) is 2.42. The number of Topliss-reactive ketones (excluding diaryl/α,β-unsaturated/α-hetero) is 1. The third-order valence-corrected chi connectivity index (χ3v) is 3.80. The fourth-order valence-corrected chi connectivity index (χ4v) is 2.47. The second-order valence-electron chi connectivity index (χ2n) is 4.09. The molecule has 0 unspecified atom stereocenters. The topological polar surface area (TPSA) is 71.4 Å². The van der Waals surface area contributed by atoms with Crippen LogP contribution in [0.3, 0.4) is 0 Å². The van der Waals surface area contributed by atoms with E-state index in [0.717, 1.165) is 5.56 Å². The molecule has 0 aliphatic heterocycles. The summed E-state index contributed by atoms with van der Waals surface area (Å²) in [6.45, 7) is 1.93. The van der Waals surface area contributed by atoms with Gasteiger partial charge in [-0.3, -0.25) is 13.8 Å². The second kappa shape index (κ2) is 7.06. The molecular weight excluding hydrogens is 252 g/mol. The molecule has 0 saturated heterocycles. The molecule has 4 nitrogen and oxygen atoms in total. The van der Waals surface area contributed by atoms with Crippen molar-refractivity contribution in [2.24, 2.45) is 0 Å². The third kappa shape index (κ3) is 5.23. The van der Waals surface area contributed by atoms with Crippen molar-refractivity contribution in [2.45, 2.75) is 31.1 Å². The first kappa shape index (κ1) is 14.6. The number of benzene rings is 1. The Morgan fingerprint density at radius 2 is 1.78 bits per heavy atom. The quantitative estimate of drug-likeness (QED) is 0.820. The van der Waals surface area contributed by atoms with E-state index in [0.29, 0.717) is 11.3 Å². The van der Waals surface area contributed by atoms with Crippen molar-refractivity contribution in [1.29, 1.82) is 0 Å². The highest BCUT2D eigenvalue weighted by atomic mass is 32.2. The minimum absolute atomic E-state index is 0.0249. The Bertz CT molecular complexity index is 451. The lowest BCUT2D eigenvalue weighted by Gasteiger charge is -2.02. The molecule has 1 aromatic rings. The van der Waals surface area contributed by atoms with Crippen LogP contribution in [0.2, 0.25) is 0 Å². The largest absolute Gasteiger partial charge is 0.481 e. The molecule has 1 aromatic carbocycles. The maximum absolute atomic E-state index is 11.8. The van der Waals surface area contributed by atoms with Gasteiger partial charge in [-0.05, 0) is 25.5 Å². The lowest BCUT2D eigenvalue weighted by Crippen LogP contribution is -2.11. The minimum atomic E-state index is -1.33. The van der Waals surface area contributed by atoms with Crippen molar-refractivity contribution in [2.75, 3.05) is 5.75 Å². The maximum atomic E-state index is 11.8. The van der Waals surface area contributed by atoms with Gasteiger partial charge in [0.2, 0.25) is 0 Å². The number of hydrogen-bond donors (Lipinski definition) is 1. The molecular formula is C13H16O4S. The van der Waals surface area contributed by atoms with Crippen LogP contribution in [0.15, 0.2) is 29.2 Å². The van der Waals surface area contributed by atoms with Crippen molar-refractivity contribution in [3.63, 3.8) is 0 Å². The Labute approximate surface area is 108 Å². The van der Waals surface area contributed by atoms with Crippen molar-refractivity contribution in [3.8, 4) is 0 Å². The first-order chi connectivity index (χ1) is 8.49. The van der Waals surface area contributed by atoms with E-state index in [2.05, 4.69) is 0 Å². The summed E-state index contributed by atoms with van der Waals surface area (Å²) >= 11 is 0. The fourth-order valence-electron chi connectivity index (χ4n) is 1.43. The zero-order valence-corrected chi connectivity index (χ0v) is 11.0. The molecule has 0 bridgehead atoms. The van der Waals surface area contributed by atoms with E-state index >= 15 is 0 Å². The molecule has 0 aromatic heterocycles. The molecule has 0 spiro atoms. The van der Waals surface area contributed by atoms with Gasteiger partial charge in [0.05, 0.1) is 16.6 Å². The van der Waals surface area contributed by atoms with E-state index in [1.165, 1.54) is 0 Å². The number of carbonyl (C=O) groups is 2. The van der Waals surface area contributed by atoms with Crippen LogP contribution in [0.25, 0.3) is 0 Å². The summed E-state index contributed by atoms with van der Waals surface area (Å²) in [6.07, 6.45) is 0.450. The van der Waals surface area contributed by atoms with Crippen LogP contribution >= 0.6 is 0 Å². The van der Waals surface area contributed by atoms with Crippen molar-refractivity contribution >= 4 is 22.6 Å². The second-order valence-corrected chi connectivity index (χ2v) is 5.54. The highest BCUT2D eigenvalue weighted by molar-refractivity contribution is 7.85. The van der Waals surface area contributed by atoms with Gasteiger partial charge in [-0.25, -0.2) is 0 Å². The average Bonchev–Trinajstić information content (AvgIpc) is 2.29. The molecule has 1 atom stereocenters. The molecule has 0 radical (unpaired) electrons. The van der Waals surface area contributed by atoms with Crippen molar-refractivity contribution in [3.05, 3.63) is 29.8 Å². The van der Waals surface area contributed by atoms with Crippen LogP contribution in [0.1, 0.15) is 24.8 Å². The highest BCUT2D eigenvalue weighted by Gasteiger charge is 2.10. The molecule has 98 valence electrons. The summed E-state index contributed by atoms with van der Waals surface area (Å²) in [5, 5.41) is 8.44. The molecule has 0 saturated carbocycles. The van der Waals surface area contributed by atoms with Gasteiger partial charge >= 0.3 is 5.97 Å². The van der Waals surface area contributed by atoms with Crippen LogP contribution < -0.4 is 0 Å². The van der Waals surface area contributed by atoms with Gasteiger partial charge in [0, 0.05) is 17.7 Å². The number of carboxylic acid groups (broad SMARTS) is 1. The van der Waals surface area contributed by atoms with Gasteiger partial charge in [-0.1, -0.05) is 17.7 Å². The van der Waals surface area contributed by atoms with E-state index in [9.17, 15) is 13.8 Å². The zero-order chi connectivity index (χ0) is 13.5. The highest BCUT2D eigenvalue weighted by Crippen LogP contribution is 2.09. The SMILES string of the molecule is Cc1ccc([S@](=O)CC(=O)CCCC(=O)O)cc1. The predicted molar refractivity (Wildman–Crippen MR) is 68.9 cm³/mol. The first-order valence-electron chi connectivity index (χ1n) is 5.67. The molecule has 5 heteroatoms. The van der Waals surface area contributed by atoms with Crippen LogP contribution in [-0.2, 0) is 20.4 Å². The molecule has 1 N–H and O–H groups in total. The summed E-state index contributed by atoms with van der Waals surface area (Å²) in [5.74, 6) is -1.11.